The van der Waals surface area contributed by atoms with Crippen LogP contribution in [0.1, 0.15) is 0 Å². The van der Waals surface area contributed by atoms with Crippen LogP contribution in [0.5, 0.6) is 0 Å². The number of aromatic nitrogens is 3. The Morgan fingerprint density at radius 2 is 0.922 bits per heavy atom. The van der Waals surface area contributed by atoms with Crippen LogP contribution in [0.15, 0.2) is 180 Å². The van der Waals surface area contributed by atoms with Crippen molar-refractivity contribution in [1.29, 1.82) is 0 Å². The Kier molecular flexibility index (Phi) is 6.78. The van der Waals surface area contributed by atoms with E-state index in [1.807, 2.05) is 30.3 Å². The Labute approximate surface area is 294 Å². The zero-order valence-electron chi connectivity index (χ0n) is 27.5. The lowest BCUT2D eigenvalue weighted by atomic mass is 9.90. The fraction of sp³-hybridized carbons (Fsp3) is 0. The molecular formula is C47H29N3O. The normalized spacial score (nSPS) is 11.5. The molecule has 10 rings (SSSR count). The van der Waals surface area contributed by atoms with Gasteiger partial charge in [0.2, 0.25) is 0 Å². The molecule has 0 saturated carbocycles. The fourth-order valence-corrected chi connectivity index (χ4v) is 7.33. The molecule has 0 spiro atoms. The summed E-state index contributed by atoms with van der Waals surface area (Å²) in [5.74, 6) is 1.76. The van der Waals surface area contributed by atoms with Gasteiger partial charge in [-0.05, 0) is 62.0 Å². The second-order valence-electron chi connectivity index (χ2n) is 12.8. The van der Waals surface area contributed by atoms with Gasteiger partial charge in [0.05, 0.1) is 5.56 Å². The van der Waals surface area contributed by atoms with Gasteiger partial charge in [0.15, 0.2) is 17.5 Å². The molecule has 0 aliphatic carbocycles. The van der Waals surface area contributed by atoms with Gasteiger partial charge in [-0.1, -0.05) is 158 Å². The number of hydrogen-bond acceptors (Lipinski definition) is 4. The summed E-state index contributed by atoms with van der Waals surface area (Å²) >= 11 is 0. The van der Waals surface area contributed by atoms with Gasteiger partial charge in [0.1, 0.15) is 11.2 Å². The van der Waals surface area contributed by atoms with E-state index in [1.165, 1.54) is 10.8 Å². The standard InChI is InChI=1S/C47H29N3O/c1-2-13-30(14-3-1)33-18-10-19-34(29-33)45-48-46(41-25-12-24-40-38-22-8-9-26-42(38)51-44(40)41)50-47(49-45)43-36-21-7-5-16-32(36)27-28-39(43)37-23-11-17-31-15-4-6-20-35(31)37/h1-29H. The molecule has 2 aromatic heterocycles. The molecule has 10 aromatic rings. The van der Waals surface area contributed by atoms with Crippen LogP contribution in [0.2, 0.25) is 0 Å². The molecule has 0 unspecified atom stereocenters. The van der Waals surface area contributed by atoms with Gasteiger partial charge < -0.3 is 4.42 Å². The van der Waals surface area contributed by atoms with E-state index in [1.54, 1.807) is 0 Å². The highest BCUT2D eigenvalue weighted by atomic mass is 16.3. The lowest BCUT2D eigenvalue weighted by molar-refractivity contribution is 0.669. The molecule has 0 saturated heterocycles. The predicted octanol–water partition coefficient (Wildman–Crippen LogP) is 12.4. The quantitative estimate of drug-likeness (QED) is 0.186. The van der Waals surface area contributed by atoms with E-state index in [2.05, 4.69) is 146 Å². The Hall–Kier alpha value is -6.91. The molecule has 4 heteroatoms. The lowest BCUT2D eigenvalue weighted by Crippen LogP contribution is -2.02. The van der Waals surface area contributed by atoms with E-state index >= 15 is 0 Å². The second kappa shape index (κ2) is 11.9. The van der Waals surface area contributed by atoms with Crippen molar-refractivity contribution in [3.05, 3.63) is 176 Å². The van der Waals surface area contributed by atoms with E-state index in [9.17, 15) is 0 Å². The van der Waals surface area contributed by atoms with E-state index in [4.69, 9.17) is 19.4 Å². The Morgan fingerprint density at radius 3 is 1.80 bits per heavy atom. The highest BCUT2D eigenvalue weighted by molar-refractivity contribution is 6.10. The molecule has 0 radical (unpaired) electrons. The summed E-state index contributed by atoms with van der Waals surface area (Å²) in [6, 6.07) is 61.0. The van der Waals surface area contributed by atoms with Gasteiger partial charge in [0.25, 0.3) is 0 Å². The maximum Gasteiger partial charge on any atom is 0.167 e. The number of benzene rings is 8. The summed E-state index contributed by atoms with van der Waals surface area (Å²) in [6.07, 6.45) is 0. The zero-order chi connectivity index (χ0) is 33.7. The van der Waals surface area contributed by atoms with E-state index < -0.39 is 0 Å². The minimum atomic E-state index is 0.557. The van der Waals surface area contributed by atoms with E-state index in [0.29, 0.717) is 17.5 Å². The first-order chi connectivity index (χ1) is 25.3. The highest BCUT2D eigenvalue weighted by Gasteiger charge is 2.21. The van der Waals surface area contributed by atoms with Gasteiger partial charge in [-0.25, -0.2) is 15.0 Å². The first kappa shape index (κ1) is 29.0. The predicted molar refractivity (Wildman–Crippen MR) is 209 cm³/mol. The number of furan rings is 1. The minimum Gasteiger partial charge on any atom is -0.455 e. The smallest absolute Gasteiger partial charge is 0.167 e. The maximum atomic E-state index is 6.52. The molecule has 2 heterocycles. The van der Waals surface area contributed by atoms with Crippen LogP contribution in [0.25, 0.3) is 99.9 Å². The highest BCUT2D eigenvalue weighted by Crippen LogP contribution is 2.41. The zero-order valence-corrected chi connectivity index (χ0v) is 27.5. The molecule has 8 aromatic carbocycles. The summed E-state index contributed by atoms with van der Waals surface area (Å²) in [5.41, 5.74) is 8.70. The summed E-state index contributed by atoms with van der Waals surface area (Å²) in [6.45, 7) is 0. The molecular weight excluding hydrogens is 623 g/mol. The Balaban J connectivity index is 1.28. The van der Waals surface area contributed by atoms with Crippen LogP contribution in [0, 0.1) is 0 Å². The molecule has 238 valence electrons. The van der Waals surface area contributed by atoms with Gasteiger partial charge in [-0.15, -0.1) is 0 Å². The number of nitrogens with zero attached hydrogens (tertiary/aromatic N) is 3. The first-order valence-electron chi connectivity index (χ1n) is 17.1. The SMILES string of the molecule is c1ccc(-c2cccc(-c3nc(-c4c(-c5cccc6ccccc56)ccc5ccccc45)nc(-c4cccc5c4oc4ccccc45)n3)c2)cc1. The summed E-state index contributed by atoms with van der Waals surface area (Å²) in [5, 5.41) is 6.64. The summed E-state index contributed by atoms with van der Waals surface area (Å²) in [7, 11) is 0. The summed E-state index contributed by atoms with van der Waals surface area (Å²) in [4.78, 5) is 15.9. The van der Waals surface area contributed by atoms with Crippen LogP contribution < -0.4 is 0 Å². The number of para-hydroxylation sites is 2. The first-order valence-corrected chi connectivity index (χ1v) is 17.1. The second-order valence-corrected chi connectivity index (χ2v) is 12.8. The topological polar surface area (TPSA) is 51.8 Å². The van der Waals surface area contributed by atoms with Crippen molar-refractivity contribution in [3.63, 3.8) is 0 Å². The van der Waals surface area contributed by atoms with Crippen molar-refractivity contribution in [3.8, 4) is 56.4 Å². The van der Waals surface area contributed by atoms with Crippen LogP contribution >= 0.6 is 0 Å². The summed E-state index contributed by atoms with van der Waals surface area (Å²) < 4.78 is 6.52. The van der Waals surface area contributed by atoms with Gasteiger partial charge in [-0.3, -0.25) is 0 Å². The fourth-order valence-electron chi connectivity index (χ4n) is 7.33. The molecule has 0 N–H and O–H groups in total. The molecule has 4 nitrogen and oxygen atoms in total. The van der Waals surface area contributed by atoms with Crippen LogP contribution in [-0.2, 0) is 0 Å². The van der Waals surface area contributed by atoms with Gasteiger partial charge >= 0.3 is 0 Å². The van der Waals surface area contributed by atoms with Crippen molar-refractivity contribution in [2.45, 2.75) is 0 Å². The number of rotatable bonds is 5. The van der Waals surface area contributed by atoms with Crippen molar-refractivity contribution in [1.82, 2.24) is 15.0 Å². The van der Waals surface area contributed by atoms with Crippen molar-refractivity contribution < 1.29 is 4.42 Å². The van der Waals surface area contributed by atoms with E-state index in [-0.39, 0.29) is 0 Å². The van der Waals surface area contributed by atoms with Crippen molar-refractivity contribution in [2.24, 2.45) is 0 Å². The Morgan fingerprint density at radius 1 is 0.333 bits per heavy atom. The molecule has 0 amide bonds. The molecule has 0 aliphatic heterocycles. The maximum absolute atomic E-state index is 6.52. The van der Waals surface area contributed by atoms with E-state index in [0.717, 1.165) is 71.7 Å². The molecule has 0 aliphatic rings. The van der Waals surface area contributed by atoms with Crippen molar-refractivity contribution in [2.75, 3.05) is 0 Å². The molecule has 51 heavy (non-hydrogen) atoms. The van der Waals surface area contributed by atoms with Gasteiger partial charge in [0, 0.05) is 21.9 Å². The average Bonchev–Trinajstić information content (AvgIpc) is 3.59. The number of hydrogen-bond donors (Lipinski definition) is 0. The monoisotopic (exact) mass is 651 g/mol. The number of fused-ring (bicyclic) bond motifs is 5. The third-order valence-electron chi connectivity index (χ3n) is 9.74. The molecule has 0 atom stereocenters. The van der Waals surface area contributed by atoms with Crippen LogP contribution in [0.4, 0.5) is 0 Å². The third kappa shape index (κ3) is 4.96. The molecule has 0 bridgehead atoms. The van der Waals surface area contributed by atoms with Crippen LogP contribution in [-0.4, -0.2) is 15.0 Å². The Bertz CT molecular complexity index is 2920. The van der Waals surface area contributed by atoms with Gasteiger partial charge in [-0.2, -0.15) is 0 Å². The van der Waals surface area contributed by atoms with Crippen molar-refractivity contribution >= 4 is 43.5 Å². The average molecular weight is 652 g/mol. The third-order valence-corrected chi connectivity index (χ3v) is 9.74. The minimum absolute atomic E-state index is 0.557. The molecule has 0 fully saturated rings. The van der Waals surface area contributed by atoms with Crippen LogP contribution in [0.3, 0.4) is 0 Å². The largest absolute Gasteiger partial charge is 0.455 e. The lowest BCUT2D eigenvalue weighted by Gasteiger charge is -2.16.